The molecule has 0 unspecified atom stereocenters. The van der Waals surface area contributed by atoms with Crippen molar-refractivity contribution in [1.29, 1.82) is 0 Å². The summed E-state index contributed by atoms with van der Waals surface area (Å²) >= 11 is 0. The molecule has 18 heavy (non-hydrogen) atoms. The minimum absolute atomic E-state index is 0.188. The molecule has 0 heterocycles. The Bertz CT molecular complexity index is 464. The smallest absolute Gasteiger partial charge is 0.316 e. The van der Waals surface area contributed by atoms with Gasteiger partial charge in [-0.2, -0.15) is 0 Å². The number of hydrogen-bond donors (Lipinski definition) is 0. The lowest BCUT2D eigenvalue weighted by molar-refractivity contribution is -0.146. The van der Waals surface area contributed by atoms with E-state index in [1.165, 1.54) is 7.11 Å². The van der Waals surface area contributed by atoms with Crippen molar-refractivity contribution in [1.82, 2.24) is 0 Å². The van der Waals surface area contributed by atoms with Gasteiger partial charge in [-0.25, -0.2) is 0 Å². The fraction of sp³-hybridized carbons (Fsp3) is 0.429. The van der Waals surface area contributed by atoms with Crippen LogP contribution in [0.3, 0.4) is 0 Å². The van der Waals surface area contributed by atoms with Crippen molar-refractivity contribution in [3.63, 3.8) is 0 Å². The van der Waals surface area contributed by atoms with E-state index in [1.54, 1.807) is 13.0 Å². The number of esters is 1. The lowest BCUT2D eigenvalue weighted by atomic mass is 9.82. The fourth-order valence-electron chi connectivity index (χ4n) is 2.31. The summed E-state index contributed by atoms with van der Waals surface area (Å²) in [5.74, 6) is -0.772. The molecule has 1 aromatic carbocycles. The number of benzene rings is 1. The van der Waals surface area contributed by atoms with Crippen molar-refractivity contribution < 1.29 is 19.1 Å². The maximum Gasteiger partial charge on any atom is 0.316 e. The second-order valence-electron chi connectivity index (χ2n) is 4.20. The normalized spacial score (nSPS) is 18.1. The molecule has 1 atom stereocenters. The Labute approximate surface area is 106 Å². The van der Waals surface area contributed by atoms with Gasteiger partial charge in [0.25, 0.3) is 0 Å². The molecule has 0 bridgehead atoms. The van der Waals surface area contributed by atoms with Gasteiger partial charge in [-0.3, -0.25) is 9.59 Å². The van der Waals surface area contributed by atoms with Crippen molar-refractivity contribution in [3.8, 4) is 5.75 Å². The van der Waals surface area contributed by atoms with Crippen molar-refractivity contribution in [2.75, 3.05) is 13.7 Å². The predicted octanol–water partition coefficient (Wildman–Crippen LogP) is 2.00. The summed E-state index contributed by atoms with van der Waals surface area (Å²) in [5, 5.41) is 0. The summed E-state index contributed by atoms with van der Waals surface area (Å²) in [5.41, 5.74) is 1.48. The second-order valence-corrected chi connectivity index (χ2v) is 4.20. The van der Waals surface area contributed by atoms with Crippen LogP contribution in [0.2, 0.25) is 0 Å². The van der Waals surface area contributed by atoms with Crippen molar-refractivity contribution in [3.05, 3.63) is 29.3 Å². The molecule has 0 spiro atoms. The van der Waals surface area contributed by atoms with Crippen LogP contribution in [0, 0.1) is 5.92 Å². The van der Waals surface area contributed by atoms with Crippen LogP contribution in [0.25, 0.3) is 0 Å². The number of ketones is 1. The molecule has 0 aliphatic heterocycles. The number of ether oxygens (including phenoxy) is 2. The quantitative estimate of drug-likeness (QED) is 0.606. The fourth-order valence-corrected chi connectivity index (χ4v) is 2.31. The Kier molecular flexibility index (Phi) is 3.65. The summed E-state index contributed by atoms with van der Waals surface area (Å²) in [7, 11) is 1.52. The predicted molar refractivity (Wildman–Crippen MR) is 65.8 cm³/mol. The number of rotatable bonds is 3. The first-order valence-corrected chi connectivity index (χ1v) is 6.05. The first-order valence-electron chi connectivity index (χ1n) is 6.05. The summed E-state index contributed by atoms with van der Waals surface area (Å²) in [6.45, 7) is 2.03. The molecule has 0 fully saturated rings. The average Bonchev–Trinajstić information content (AvgIpc) is 2.38. The minimum Gasteiger partial charge on any atom is -0.496 e. The van der Waals surface area contributed by atoms with Crippen LogP contribution in [0.15, 0.2) is 18.2 Å². The van der Waals surface area contributed by atoms with Crippen LogP contribution in [0.5, 0.6) is 5.75 Å². The van der Waals surface area contributed by atoms with Crippen LogP contribution in [-0.4, -0.2) is 25.5 Å². The van der Waals surface area contributed by atoms with Crippen LogP contribution in [0.4, 0.5) is 0 Å². The van der Waals surface area contributed by atoms with E-state index in [0.29, 0.717) is 30.8 Å². The Balaban J connectivity index is 2.35. The SMILES string of the molecule is CCOC(=O)[C@@H]1CCc2cccc(OC)c2C1=O. The van der Waals surface area contributed by atoms with Crippen LogP contribution in [-0.2, 0) is 16.0 Å². The number of hydrogen-bond acceptors (Lipinski definition) is 4. The number of fused-ring (bicyclic) bond motifs is 1. The number of carbonyl (C=O) groups excluding carboxylic acids is 2. The van der Waals surface area contributed by atoms with Crippen molar-refractivity contribution in [2.45, 2.75) is 19.8 Å². The van der Waals surface area contributed by atoms with Crippen molar-refractivity contribution in [2.24, 2.45) is 5.92 Å². The molecule has 0 radical (unpaired) electrons. The zero-order valence-electron chi connectivity index (χ0n) is 10.6. The average molecular weight is 248 g/mol. The molecule has 0 aromatic heterocycles. The molecule has 96 valence electrons. The monoisotopic (exact) mass is 248 g/mol. The molecule has 0 saturated carbocycles. The van der Waals surface area contributed by atoms with Gasteiger partial charge in [0, 0.05) is 0 Å². The van der Waals surface area contributed by atoms with E-state index in [9.17, 15) is 9.59 Å². The third-order valence-corrected chi connectivity index (χ3v) is 3.17. The van der Waals surface area contributed by atoms with Gasteiger partial charge in [0.15, 0.2) is 5.78 Å². The lowest BCUT2D eigenvalue weighted by Gasteiger charge is -2.23. The Morgan fingerprint density at radius 2 is 2.22 bits per heavy atom. The number of Topliss-reactive ketones (excluding diaryl/α,β-unsaturated/α-hetero) is 1. The molecule has 1 aliphatic carbocycles. The van der Waals surface area contributed by atoms with Crippen LogP contribution in [0.1, 0.15) is 29.3 Å². The Morgan fingerprint density at radius 3 is 2.89 bits per heavy atom. The molecule has 0 N–H and O–H groups in total. The molecule has 0 amide bonds. The molecule has 0 saturated heterocycles. The van der Waals surface area contributed by atoms with Crippen LogP contribution >= 0.6 is 0 Å². The first-order chi connectivity index (χ1) is 8.69. The van der Waals surface area contributed by atoms with Crippen LogP contribution < -0.4 is 4.74 Å². The highest BCUT2D eigenvalue weighted by molar-refractivity contribution is 6.11. The first kappa shape index (κ1) is 12.6. The third-order valence-electron chi connectivity index (χ3n) is 3.17. The van der Waals surface area contributed by atoms with E-state index in [0.717, 1.165) is 5.56 Å². The zero-order valence-corrected chi connectivity index (χ0v) is 10.6. The number of carbonyl (C=O) groups is 2. The zero-order chi connectivity index (χ0) is 13.1. The summed E-state index contributed by atoms with van der Waals surface area (Å²) in [6.07, 6.45) is 1.21. The molecular weight excluding hydrogens is 232 g/mol. The molecular formula is C14H16O4. The Hall–Kier alpha value is -1.84. The van der Waals surface area contributed by atoms with Gasteiger partial charge in [-0.15, -0.1) is 0 Å². The van der Waals surface area contributed by atoms with Gasteiger partial charge in [0.1, 0.15) is 11.7 Å². The van der Waals surface area contributed by atoms with E-state index >= 15 is 0 Å². The van der Waals surface area contributed by atoms with E-state index in [4.69, 9.17) is 9.47 Å². The minimum atomic E-state index is -0.686. The maximum absolute atomic E-state index is 12.3. The third kappa shape index (κ3) is 2.10. The summed E-state index contributed by atoms with van der Waals surface area (Å²) < 4.78 is 10.1. The van der Waals surface area contributed by atoms with Gasteiger partial charge in [-0.05, 0) is 31.4 Å². The molecule has 4 nitrogen and oxygen atoms in total. The molecule has 4 heteroatoms. The van der Waals surface area contributed by atoms with Crippen molar-refractivity contribution >= 4 is 11.8 Å². The highest BCUT2D eigenvalue weighted by atomic mass is 16.5. The van der Waals surface area contributed by atoms with Gasteiger partial charge < -0.3 is 9.47 Å². The van der Waals surface area contributed by atoms with E-state index in [2.05, 4.69) is 0 Å². The summed E-state index contributed by atoms with van der Waals surface area (Å²) in [4.78, 5) is 24.1. The number of methoxy groups -OCH3 is 1. The van der Waals surface area contributed by atoms with Gasteiger partial charge in [0.2, 0.25) is 0 Å². The van der Waals surface area contributed by atoms with E-state index < -0.39 is 11.9 Å². The molecule has 1 aliphatic rings. The van der Waals surface area contributed by atoms with Gasteiger partial charge in [0.05, 0.1) is 19.3 Å². The molecule has 2 rings (SSSR count). The van der Waals surface area contributed by atoms with E-state index in [-0.39, 0.29) is 5.78 Å². The lowest BCUT2D eigenvalue weighted by Crippen LogP contribution is -2.31. The topological polar surface area (TPSA) is 52.6 Å². The van der Waals surface area contributed by atoms with Gasteiger partial charge >= 0.3 is 5.97 Å². The van der Waals surface area contributed by atoms with Gasteiger partial charge in [-0.1, -0.05) is 12.1 Å². The maximum atomic E-state index is 12.3. The highest BCUT2D eigenvalue weighted by Crippen LogP contribution is 2.32. The van der Waals surface area contributed by atoms with E-state index in [1.807, 2.05) is 12.1 Å². The second kappa shape index (κ2) is 5.21. The highest BCUT2D eigenvalue weighted by Gasteiger charge is 2.35. The Morgan fingerprint density at radius 1 is 1.44 bits per heavy atom. The summed E-state index contributed by atoms with van der Waals surface area (Å²) in [6, 6.07) is 5.50. The molecule has 1 aromatic rings. The number of aryl methyl sites for hydroxylation is 1. The largest absolute Gasteiger partial charge is 0.496 e. The standard InChI is InChI=1S/C14H16O4/c1-3-18-14(16)10-8-7-9-5-4-6-11(17-2)12(9)13(10)15/h4-6,10H,3,7-8H2,1-2H3/t10-/m1/s1.